The fourth-order valence-corrected chi connectivity index (χ4v) is 1.72. The smallest absolute Gasteiger partial charge is 0.407 e. The summed E-state index contributed by atoms with van der Waals surface area (Å²) in [7, 11) is 0. The topological polar surface area (TPSA) is 95.9 Å². The third-order valence-electron chi connectivity index (χ3n) is 2.73. The Morgan fingerprint density at radius 2 is 1.91 bits per heavy atom. The zero-order chi connectivity index (χ0) is 16.8. The van der Waals surface area contributed by atoms with Gasteiger partial charge < -0.3 is 20.3 Å². The molecule has 22 heavy (non-hydrogen) atoms. The van der Waals surface area contributed by atoms with Gasteiger partial charge in [0.25, 0.3) is 0 Å². The second-order valence-corrected chi connectivity index (χ2v) is 4.87. The highest BCUT2D eigenvalue weighted by Crippen LogP contribution is 2.20. The molecule has 0 aliphatic rings. The quantitative estimate of drug-likeness (QED) is 0.712. The van der Waals surface area contributed by atoms with Crippen LogP contribution in [0.1, 0.15) is 18.9 Å². The van der Waals surface area contributed by atoms with E-state index in [-0.39, 0.29) is 6.61 Å². The van der Waals surface area contributed by atoms with Gasteiger partial charge in [-0.3, -0.25) is 0 Å². The SMILES string of the molecule is CC(F)(F)CC(NC(=O)OCc1ccccc1)C(O)C(=O)O. The van der Waals surface area contributed by atoms with E-state index in [2.05, 4.69) is 0 Å². The molecule has 0 fully saturated rings. The molecule has 0 saturated heterocycles. The second-order valence-electron chi connectivity index (χ2n) is 4.87. The average molecular weight is 317 g/mol. The molecule has 0 heterocycles. The summed E-state index contributed by atoms with van der Waals surface area (Å²) in [6.45, 7) is 0.455. The van der Waals surface area contributed by atoms with E-state index in [1.807, 2.05) is 5.32 Å². The maximum Gasteiger partial charge on any atom is 0.407 e. The number of hydrogen-bond acceptors (Lipinski definition) is 4. The van der Waals surface area contributed by atoms with Gasteiger partial charge in [-0.1, -0.05) is 30.3 Å². The Labute approximate surface area is 125 Å². The Kier molecular flexibility index (Phi) is 6.24. The van der Waals surface area contributed by atoms with Crippen LogP contribution in [0.3, 0.4) is 0 Å². The number of carbonyl (C=O) groups excluding carboxylic acids is 1. The number of carbonyl (C=O) groups is 2. The molecule has 0 radical (unpaired) electrons. The van der Waals surface area contributed by atoms with Crippen molar-refractivity contribution in [3.05, 3.63) is 35.9 Å². The predicted octanol–water partition coefficient (Wildman–Crippen LogP) is 1.77. The first-order chi connectivity index (χ1) is 10.2. The van der Waals surface area contributed by atoms with Crippen molar-refractivity contribution in [1.82, 2.24) is 5.32 Å². The van der Waals surface area contributed by atoms with Crippen molar-refractivity contribution < 1.29 is 33.3 Å². The fraction of sp³-hybridized carbons (Fsp3) is 0.429. The monoisotopic (exact) mass is 317 g/mol. The third-order valence-corrected chi connectivity index (χ3v) is 2.73. The Hall–Kier alpha value is -2.22. The van der Waals surface area contributed by atoms with Gasteiger partial charge in [-0.15, -0.1) is 0 Å². The number of hydrogen-bond donors (Lipinski definition) is 3. The number of carboxylic acid groups (broad SMARTS) is 1. The van der Waals surface area contributed by atoms with E-state index in [0.29, 0.717) is 12.5 Å². The Bertz CT molecular complexity index is 504. The first-order valence-electron chi connectivity index (χ1n) is 6.45. The number of alkyl carbamates (subject to hydrolysis) is 1. The minimum Gasteiger partial charge on any atom is -0.479 e. The number of nitrogens with one attached hydrogen (secondary N) is 1. The molecule has 1 amide bonds. The lowest BCUT2D eigenvalue weighted by molar-refractivity contribution is -0.149. The van der Waals surface area contributed by atoms with E-state index in [4.69, 9.17) is 9.84 Å². The summed E-state index contributed by atoms with van der Waals surface area (Å²) in [5.41, 5.74) is 0.675. The van der Waals surface area contributed by atoms with E-state index < -0.39 is 36.6 Å². The lowest BCUT2D eigenvalue weighted by Crippen LogP contribution is -2.49. The van der Waals surface area contributed by atoms with E-state index in [9.17, 15) is 23.5 Å². The molecule has 1 aromatic carbocycles. The summed E-state index contributed by atoms with van der Waals surface area (Å²) >= 11 is 0. The summed E-state index contributed by atoms with van der Waals surface area (Å²) in [6, 6.07) is 6.94. The number of alkyl halides is 2. The molecule has 0 bridgehead atoms. The average Bonchev–Trinajstić information content (AvgIpc) is 2.43. The minimum atomic E-state index is -3.26. The van der Waals surface area contributed by atoms with Crippen LogP contribution in [0.15, 0.2) is 30.3 Å². The van der Waals surface area contributed by atoms with Crippen LogP contribution in [-0.2, 0) is 16.1 Å². The first-order valence-corrected chi connectivity index (χ1v) is 6.45. The summed E-state index contributed by atoms with van der Waals surface area (Å²) in [4.78, 5) is 22.3. The number of benzene rings is 1. The molecule has 6 nitrogen and oxygen atoms in total. The third kappa shape index (κ3) is 6.49. The molecule has 1 aromatic rings. The highest BCUT2D eigenvalue weighted by molar-refractivity contribution is 5.75. The lowest BCUT2D eigenvalue weighted by atomic mass is 10.0. The molecule has 0 aromatic heterocycles. The summed E-state index contributed by atoms with van der Waals surface area (Å²) in [5, 5.41) is 20.0. The highest BCUT2D eigenvalue weighted by atomic mass is 19.3. The van der Waals surface area contributed by atoms with Crippen molar-refractivity contribution in [2.45, 2.75) is 38.0 Å². The minimum absolute atomic E-state index is 0.106. The van der Waals surface area contributed by atoms with Crippen molar-refractivity contribution >= 4 is 12.1 Å². The summed E-state index contributed by atoms with van der Waals surface area (Å²) < 4.78 is 30.8. The number of aliphatic hydroxyl groups is 1. The number of carboxylic acids is 1. The molecule has 0 spiro atoms. The van der Waals surface area contributed by atoms with E-state index in [0.717, 1.165) is 0 Å². The van der Waals surface area contributed by atoms with Crippen LogP contribution in [0.25, 0.3) is 0 Å². The van der Waals surface area contributed by atoms with Crippen LogP contribution in [0, 0.1) is 0 Å². The number of ether oxygens (including phenoxy) is 1. The molecule has 8 heteroatoms. The number of rotatable bonds is 7. The predicted molar refractivity (Wildman–Crippen MR) is 72.4 cm³/mol. The Morgan fingerprint density at radius 3 is 2.41 bits per heavy atom. The molecular weight excluding hydrogens is 300 g/mol. The highest BCUT2D eigenvalue weighted by Gasteiger charge is 2.35. The van der Waals surface area contributed by atoms with Gasteiger partial charge in [-0.25, -0.2) is 18.4 Å². The fourth-order valence-electron chi connectivity index (χ4n) is 1.72. The van der Waals surface area contributed by atoms with E-state index in [1.54, 1.807) is 30.3 Å². The molecule has 1 rings (SSSR count). The van der Waals surface area contributed by atoms with Crippen molar-refractivity contribution in [2.75, 3.05) is 0 Å². The van der Waals surface area contributed by atoms with Crippen molar-refractivity contribution in [1.29, 1.82) is 0 Å². The molecule has 0 saturated carbocycles. The van der Waals surface area contributed by atoms with Gasteiger partial charge in [0.05, 0.1) is 6.04 Å². The van der Waals surface area contributed by atoms with Crippen LogP contribution in [0.2, 0.25) is 0 Å². The summed E-state index contributed by atoms with van der Waals surface area (Å²) in [5.74, 6) is -4.97. The van der Waals surface area contributed by atoms with Crippen LogP contribution in [0.5, 0.6) is 0 Å². The van der Waals surface area contributed by atoms with Gasteiger partial charge >= 0.3 is 12.1 Å². The number of amides is 1. The molecule has 0 aliphatic carbocycles. The molecule has 2 unspecified atom stereocenters. The Balaban J connectivity index is 2.60. The van der Waals surface area contributed by atoms with Gasteiger partial charge in [0.2, 0.25) is 5.92 Å². The standard InChI is InChI=1S/C14H17F2NO5/c1-14(15,16)7-10(11(18)12(19)20)17-13(21)22-8-9-5-3-2-4-6-9/h2-6,10-11,18H,7-8H2,1H3,(H,17,21)(H,19,20). The maximum absolute atomic E-state index is 13.0. The molecule has 122 valence electrons. The van der Waals surface area contributed by atoms with E-state index in [1.165, 1.54) is 0 Å². The van der Waals surface area contributed by atoms with E-state index >= 15 is 0 Å². The van der Waals surface area contributed by atoms with Gasteiger partial charge in [-0.2, -0.15) is 0 Å². The van der Waals surface area contributed by atoms with Crippen molar-refractivity contribution in [2.24, 2.45) is 0 Å². The largest absolute Gasteiger partial charge is 0.479 e. The molecular formula is C14H17F2NO5. The normalized spacial score (nSPS) is 14.0. The molecule has 3 N–H and O–H groups in total. The summed E-state index contributed by atoms with van der Waals surface area (Å²) in [6.07, 6.45) is -4.27. The first kappa shape index (κ1) is 17.8. The number of halogens is 2. The second kappa shape index (κ2) is 7.69. The van der Waals surface area contributed by atoms with Crippen molar-refractivity contribution in [3.8, 4) is 0 Å². The maximum atomic E-state index is 13.0. The zero-order valence-corrected chi connectivity index (χ0v) is 11.8. The van der Waals surface area contributed by atoms with Gasteiger partial charge in [0.1, 0.15) is 6.61 Å². The molecule has 2 atom stereocenters. The zero-order valence-electron chi connectivity index (χ0n) is 11.8. The van der Waals surface area contributed by atoms with Crippen LogP contribution in [-0.4, -0.2) is 40.3 Å². The van der Waals surface area contributed by atoms with Crippen LogP contribution in [0.4, 0.5) is 13.6 Å². The number of aliphatic carboxylic acids is 1. The van der Waals surface area contributed by atoms with Gasteiger partial charge in [0.15, 0.2) is 6.10 Å². The van der Waals surface area contributed by atoms with Crippen LogP contribution >= 0.6 is 0 Å². The van der Waals surface area contributed by atoms with Crippen LogP contribution < -0.4 is 5.32 Å². The Morgan fingerprint density at radius 1 is 1.32 bits per heavy atom. The van der Waals surface area contributed by atoms with Crippen molar-refractivity contribution in [3.63, 3.8) is 0 Å². The molecule has 0 aliphatic heterocycles. The number of aliphatic hydroxyl groups excluding tert-OH is 1. The van der Waals surface area contributed by atoms with Gasteiger partial charge in [0, 0.05) is 6.42 Å². The van der Waals surface area contributed by atoms with Gasteiger partial charge in [-0.05, 0) is 12.5 Å². The lowest BCUT2D eigenvalue weighted by Gasteiger charge is -2.23.